The molecule has 1 aliphatic heterocycles. The molecule has 1 aromatic carbocycles. The molecule has 1 aliphatic rings. The van der Waals surface area contributed by atoms with Crippen LogP contribution in [0.1, 0.15) is 30.2 Å². The highest BCUT2D eigenvalue weighted by atomic mass is 15.1. The van der Waals surface area contributed by atoms with E-state index in [0.29, 0.717) is 0 Å². The summed E-state index contributed by atoms with van der Waals surface area (Å²) < 4.78 is 0. The van der Waals surface area contributed by atoms with Crippen molar-refractivity contribution in [3.8, 4) is 0 Å². The number of nitrogens with one attached hydrogen (secondary N) is 1. The van der Waals surface area contributed by atoms with E-state index in [4.69, 9.17) is 0 Å². The van der Waals surface area contributed by atoms with Crippen LogP contribution in [0.2, 0.25) is 0 Å². The highest BCUT2D eigenvalue weighted by Gasteiger charge is 2.16. The molecule has 0 atom stereocenters. The van der Waals surface area contributed by atoms with Crippen molar-refractivity contribution in [2.75, 3.05) is 18.0 Å². The van der Waals surface area contributed by atoms with E-state index in [2.05, 4.69) is 58.5 Å². The van der Waals surface area contributed by atoms with Gasteiger partial charge in [-0.05, 0) is 42.6 Å². The van der Waals surface area contributed by atoms with Gasteiger partial charge in [-0.3, -0.25) is 4.98 Å². The number of pyridine rings is 1. The number of para-hydroxylation sites is 1. The smallest absolute Gasteiger partial charge is 0.0602 e. The van der Waals surface area contributed by atoms with Gasteiger partial charge in [0.05, 0.1) is 12.2 Å². The Kier molecular flexibility index (Phi) is 4.51. The van der Waals surface area contributed by atoms with Gasteiger partial charge in [-0.15, -0.1) is 0 Å². The highest BCUT2D eigenvalue weighted by Crippen LogP contribution is 2.27. The average Bonchev–Trinajstić information content (AvgIpc) is 2.55. The van der Waals surface area contributed by atoms with Gasteiger partial charge >= 0.3 is 0 Å². The summed E-state index contributed by atoms with van der Waals surface area (Å²) in [4.78, 5) is 7.07. The van der Waals surface area contributed by atoms with Crippen LogP contribution in [-0.4, -0.2) is 18.1 Å². The lowest BCUT2D eigenvalue weighted by molar-refractivity contribution is 0.681. The molecule has 0 aliphatic carbocycles. The maximum Gasteiger partial charge on any atom is 0.0602 e. The third kappa shape index (κ3) is 3.42. The van der Waals surface area contributed by atoms with E-state index < -0.39 is 0 Å². The van der Waals surface area contributed by atoms with Crippen LogP contribution in [0.3, 0.4) is 0 Å². The maximum atomic E-state index is 4.62. The van der Waals surface area contributed by atoms with Gasteiger partial charge in [-0.2, -0.15) is 0 Å². The standard InChI is InChI=1S/C18H23N3/c1-2-19-12-15-9-10-17(20-13-15)14-21-11-5-7-16-6-3-4-8-18(16)21/h3-4,6,8-10,13,19H,2,5,7,11-12,14H2,1H3. The molecule has 1 N–H and O–H groups in total. The van der Waals surface area contributed by atoms with E-state index in [1.165, 1.54) is 29.7 Å². The molecular formula is C18H23N3. The minimum absolute atomic E-state index is 0.899. The second kappa shape index (κ2) is 6.72. The fourth-order valence-corrected chi connectivity index (χ4v) is 2.89. The molecule has 21 heavy (non-hydrogen) atoms. The number of nitrogens with zero attached hydrogens (tertiary/aromatic N) is 2. The molecule has 0 amide bonds. The van der Waals surface area contributed by atoms with Gasteiger partial charge in [0.25, 0.3) is 0 Å². The average molecular weight is 281 g/mol. The lowest BCUT2D eigenvalue weighted by Gasteiger charge is -2.31. The van der Waals surface area contributed by atoms with Gasteiger partial charge in [0.1, 0.15) is 0 Å². The minimum atomic E-state index is 0.899. The summed E-state index contributed by atoms with van der Waals surface area (Å²) in [6, 6.07) is 13.1. The van der Waals surface area contributed by atoms with Gasteiger partial charge in [0.2, 0.25) is 0 Å². The molecule has 3 nitrogen and oxygen atoms in total. The van der Waals surface area contributed by atoms with Crippen molar-refractivity contribution in [3.63, 3.8) is 0 Å². The van der Waals surface area contributed by atoms with Gasteiger partial charge < -0.3 is 10.2 Å². The van der Waals surface area contributed by atoms with Crippen LogP contribution in [0.15, 0.2) is 42.6 Å². The third-order valence-electron chi connectivity index (χ3n) is 4.02. The zero-order valence-corrected chi connectivity index (χ0v) is 12.7. The molecule has 0 radical (unpaired) electrons. The van der Waals surface area contributed by atoms with Gasteiger partial charge in [-0.25, -0.2) is 0 Å². The number of hydrogen-bond acceptors (Lipinski definition) is 3. The Morgan fingerprint density at radius 3 is 2.90 bits per heavy atom. The monoisotopic (exact) mass is 281 g/mol. The van der Waals surface area contributed by atoms with Crippen molar-refractivity contribution < 1.29 is 0 Å². The Hall–Kier alpha value is -1.87. The minimum Gasteiger partial charge on any atom is -0.365 e. The maximum absolute atomic E-state index is 4.62. The Morgan fingerprint density at radius 1 is 1.19 bits per heavy atom. The number of aromatic nitrogens is 1. The number of benzene rings is 1. The Bertz CT molecular complexity index is 577. The summed E-state index contributed by atoms with van der Waals surface area (Å²) in [5.41, 5.74) is 5.24. The Balaban J connectivity index is 1.70. The van der Waals surface area contributed by atoms with Gasteiger partial charge in [0, 0.05) is 25.0 Å². The third-order valence-corrected chi connectivity index (χ3v) is 4.02. The van der Waals surface area contributed by atoms with Crippen molar-refractivity contribution in [1.29, 1.82) is 0 Å². The molecule has 0 saturated heterocycles. The van der Waals surface area contributed by atoms with Crippen LogP contribution < -0.4 is 10.2 Å². The molecule has 110 valence electrons. The summed E-state index contributed by atoms with van der Waals surface area (Å²) >= 11 is 0. The summed E-state index contributed by atoms with van der Waals surface area (Å²) in [5.74, 6) is 0. The highest BCUT2D eigenvalue weighted by molar-refractivity contribution is 5.55. The first kappa shape index (κ1) is 14.1. The first-order valence-corrected chi connectivity index (χ1v) is 7.84. The van der Waals surface area contributed by atoms with Crippen molar-refractivity contribution in [2.45, 2.75) is 32.9 Å². The van der Waals surface area contributed by atoms with E-state index in [1.54, 1.807) is 0 Å². The van der Waals surface area contributed by atoms with Crippen LogP contribution >= 0.6 is 0 Å². The first-order valence-electron chi connectivity index (χ1n) is 7.84. The number of fused-ring (bicyclic) bond motifs is 1. The quantitative estimate of drug-likeness (QED) is 0.912. The normalized spacial score (nSPS) is 14.0. The second-order valence-corrected chi connectivity index (χ2v) is 5.59. The lowest BCUT2D eigenvalue weighted by Crippen LogP contribution is -2.29. The second-order valence-electron chi connectivity index (χ2n) is 5.59. The molecule has 0 spiro atoms. The molecule has 2 aromatic rings. The SMILES string of the molecule is CCNCc1ccc(CN2CCCc3ccccc32)nc1. The molecular weight excluding hydrogens is 258 g/mol. The number of aryl methyl sites for hydroxylation is 1. The Labute approximate surface area is 127 Å². The zero-order chi connectivity index (χ0) is 14.5. The fraction of sp³-hybridized carbons (Fsp3) is 0.389. The molecule has 1 aromatic heterocycles. The van der Waals surface area contributed by atoms with Crippen LogP contribution in [0.4, 0.5) is 5.69 Å². The molecule has 0 unspecified atom stereocenters. The largest absolute Gasteiger partial charge is 0.365 e. The van der Waals surface area contributed by atoms with Crippen molar-refractivity contribution >= 4 is 5.69 Å². The molecule has 0 bridgehead atoms. The van der Waals surface area contributed by atoms with Crippen LogP contribution in [0.5, 0.6) is 0 Å². The number of anilines is 1. The van der Waals surface area contributed by atoms with Gasteiger partial charge in [0.15, 0.2) is 0 Å². The fourth-order valence-electron chi connectivity index (χ4n) is 2.89. The molecule has 0 fully saturated rings. The number of rotatable bonds is 5. The molecule has 3 rings (SSSR count). The van der Waals surface area contributed by atoms with E-state index in [-0.39, 0.29) is 0 Å². The zero-order valence-electron chi connectivity index (χ0n) is 12.7. The summed E-state index contributed by atoms with van der Waals surface area (Å²) in [6.45, 7) is 6.04. The molecule has 3 heteroatoms. The van der Waals surface area contributed by atoms with Crippen LogP contribution in [-0.2, 0) is 19.5 Å². The summed E-state index contributed by atoms with van der Waals surface area (Å²) in [5, 5.41) is 3.33. The van der Waals surface area contributed by atoms with E-state index in [9.17, 15) is 0 Å². The van der Waals surface area contributed by atoms with Gasteiger partial charge in [-0.1, -0.05) is 31.2 Å². The number of hydrogen-bond donors (Lipinski definition) is 1. The Morgan fingerprint density at radius 2 is 2.10 bits per heavy atom. The first-order chi connectivity index (χ1) is 10.4. The van der Waals surface area contributed by atoms with E-state index in [1.807, 2.05) is 6.20 Å². The summed E-state index contributed by atoms with van der Waals surface area (Å²) in [7, 11) is 0. The predicted octanol–water partition coefficient (Wildman–Crippen LogP) is 3.14. The van der Waals surface area contributed by atoms with Crippen LogP contribution in [0, 0.1) is 0 Å². The van der Waals surface area contributed by atoms with Crippen molar-refractivity contribution in [2.24, 2.45) is 0 Å². The molecule has 0 saturated carbocycles. The lowest BCUT2D eigenvalue weighted by atomic mass is 10.0. The summed E-state index contributed by atoms with van der Waals surface area (Å²) in [6.07, 6.45) is 4.42. The van der Waals surface area contributed by atoms with E-state index in [0.717, 1.165) is 31.9 Å². The topological polar surface area (TPSA) is 28.2 Å². The van der Waals surface area contributed by atoms with E-state index >= 15 is 0 Å². The van der Waals surface area contributed by atoms with Crippen molar-refractivity contribution in [1.82, 2.24) is 10.3 Å². The van der Waals surface area contributed by atoms with Crippen LogP contribution in [0.25, 0.3) is 0 Å². The van der Waals surface area contributed by atoms with Crippen molar-refractivity contribution in [3.05, 3.63) is 59.4 Å². The molecule has 2 heterocycles. The predicted molar refractivity (Wildman–Crippen MR) is 87.4 cm³/mol.